The second kappa shape index (κ2) is 4.69. The van der Waals surface area contributed by atoms with E-state index >= 15 is 0 Å². The van der Waals surface area contributed by atoms with Crippen molar-refractivity contribution in [3.8, 4) is 0 Å². The Morgan fingerprint density at radius 2 is 2.11 bits per heavy atom. The fourth-order valence-corrected chi connectivity index (χ4v) is 3.00. The summed E-state index contributed by atoms with van der Waals surface area (Å²) in [6, 6.07) is 12.7. The first-order valence-corrected chi connectivity index (χ1v) is 6.91. The molecule has 1 aromatic heterocycles. The van der Waals surface area contributed by atoms with Gasteiger partial charge in [-0.25, -0.2) is 0 Å². The van der Waals surface area contributed by atoms with Crippen molar-refractivity contribution in [2.24, 2.45) is 0 Å². The highest BCUT2D eigenvalue weighted by Gasteiger charge is 2.31. The van der Waals surface area contributed by atoms with E-state index < -0.39 is 0 Å². The van der Waals surface area contributed by atoms with Crippen LogP contribution >= 0.6 is 0 Å². The molecule has 0 spiro atoms. The highest BCUT2D eigenvalue weighted by molar-refractivity contribution is 5.78. The van der Waals surface area contributed by atoms with Crippen LogP contribution in [0, 0.1) is 0 Å². The van der Waals surface area contributed by atoms with E-state index in [2.05, 4.69) is 48.6 Å². The number of fused-ring (bicyclic) bond motifs is 1. The topological polar surface area (TPSA) is 24.9 Å². The van der Waals surface area contributed by atoms with Crippen LogP contribution in [0.25, 0.3) is 10.9 Å². The molecule has 2 aromatic rings. The molecule has 94 valence electrons. The second-order valence-electron chi connectivity index (χ2n) is 5.34. The van der Waals surface area contributed by atoms with E-state index in [1.54, 1.807) is 0 Å². The van der Waals surface area contributed by atoms with Crippen LogP contribution in [0.1, 0.15) is 31.9 Å². The van der Waals surface area contributed by atoms with Gasteiger partial charge in [0.25, 0.3) is 0 Å². The van der Waals surface area contributed by atoms with Gasteiger partial charge in [0.15, 0.2) is 0 Å². The average molecular weight is 240 g/mol. The number of aromatic nitrogens is 1. The molecule has 1 N–H and O–H groups in total. The van der Waals surface area contributed by atoms with Crippen LogP contribution < -0.4 is 5.32 Å². The van der Waals surface area contributed by atoms with Crippen LogP contribution in [0.15, 0.2) is 36.4 Å². The third-order valence-electron chi connectivity index (χ3n) is 4.18. The summed E-state index contributed by atoms with van der Waals surface area (Å²) in [6.45, 7) is 3.43. The van der Waals surface area contributed by atoms with Crippen LogP contribution in [-0.4, -0.2) is 17.1 Å². The highest BCUT2D eigenvalue weighted by atomic mass is 15.0. The number of rotatable bonds is 3. The van der Waals surface area contributed by atoms with E-state index in [0.29, 0.717) is 0 Å². The van der Waals surface area contributed by atoms with Crippen molar-refractivity contribution in [2.75, 3.05) is 6.54 Å². The Hall–Kier alpha value is -1.41. The molecule has 1 fully saturated rings. The van der Waals surface area contributed by atoms with Crippen molar-refractivity contribution < 1.29 is 0 Å². The Morgan fingerprint density at radius 1 is 1.22 bits per heavy atom. The van der Waals surface area contributed by atoms with E-state index in [1.165, 1.54) is 30.3 Å². The zero-order chi connectivity index (χ0) is 12.4. The van der Waals surface area contributed by atoms with E-state index in [9.17, 15) is 0 Å². The minimum atomic E-state index is 0.287. The minimum absolute atomic E-state index is 0.287. The number of nitrogens with one attached hydrogen (secondary N) is 1. The highest BCUT2D eigenvalue weighted by Crippen LogP contribution is 2.27. The summed E-state index contributed by atoms with van der Waals surface area (Å²) in [5.74, 6) is 0. The zero-order valence-electron chi connectivity index (χ0n) is 10.9. The summed E-state index contributed by atoms with van der Waals surface area (Å²) in [4.78, 5) is 4.79. The van der Waals surface area contributed by atoms with Crippen molar-refractivity contribution in [3.05, 3.63) is 42.1 Å². The molecule has 2 nitrogen and oxygen atoms in total. The summed E-state index contributed by atoms with van der Waals surface area (Å²) in [5, 5.41) is 4.90. The minimum Gasteiger partial charge on any atom is -0.311 e. The number of hydrogen-bond acceptors (Lipinski definition) is 2. The van der Waals surface area contributed by atoms with E-state index in [0.717, 1.165) is 18.5 Å². The lowest BCUT2D eigenvalue weighted by atomic mass is 9.88. The van der Waals surface area contributed by atoms with Crippen LogP contribution in [-0.2, 0) is 6.42 Å². The molecule has 18 heavy (non-hydrogen) atoms. The molecule has 2 heteroatoms. The first kappa shape index (κ1) is 11.7. The van der Waals surface area contributed by atoms with Crippen molar-refractivity contribution in [1.82, 2.24) is 10.3 Å². The van der Waals surface area contributed by atoms with Gasteiger partial charge in [0.05, 0.1) is 5.52 Å². The monoisotopic (exact) mass is 240 g/mol. The normalized spacial score (nSPS) is 23.6. The molecule has 1 aromatic carbocycles. The lowest BCUT2D eigenvalue weighted by Gasteiger charge is -2.27. The lowest BCUT2D eigenvalue weighted by molar-refractivity contribution is 0.357. The van der Waals surface area contributed by atoms with Crippen LogP contribution in [0.5, 0.6) is 0 Å². The standard InChI is InChI=1S/C16H20N2/c1-2-16(10-5-11-17-16)12-14-9-8-13-6-3-4-7-15(13)18-14/h3-4,6-9,17H,2,5,10-12H2,1H3. The van der Waals surface area contributed by atoms with Gasteiger partial charge >= 0.3 is 0 Å². The Balaban J connectivity index is 1.90. The Kier molecular flexibility index (Phi) is 3.04. The molecule has 0 amide bonds. The number of para-hydroxylation sites is 1. The first-order valence-electron chi connectivity index (χ1n) is 6.91. The molecular formula is C16H20N2. The van der Waals surface area contributed by atoms with Crippen LogP contribution in [0.4, 0.5) is 0 Å². The van der Waals surface area contributed by atoms with E-state index in [1.807, 2.05) is 0 Å². The summed E-state index contributed by atoms with van der Waals surface area (Å²) in [5.41, 5.74) is 2.61. The molecule has 1 aliphatic rings. The van der Waals surface area contributed by atoms with Crippen LogP contribution in [0.3, 0.4) is 0 Å². The van der Waals surface area contributed by atoms with Crippen molar-refractivity contribution in [2.45, 2.75) is 38.1 Å². The predicted molar refractivity (Wildman–Crippen MR) is 75.7 cm³/mol. The summed E-state index contributed by atoms with van der Waals surface area (Å²) < 4.78 is 0. The van der Waals surface area contributed by atoms with Gasteiger partial charge in [-0.3, -0.25) is 4.98 Å². The Morgan fingerprint density at radius 3 is 2.89 bits per heavy atom. The van der Waals surface area contributed by atoms with Gasteiger partial charge in [-0.15, -0.1) is 0 Å². The maximum absolute atomic E-state index is 4.79. The zero-order valence-corrected chi connectivity index (χ0v) is 10.9. The molecule has 1 atom stereocenters. The molecule has 1 aliphatic heterocycles. The molecule has 0 radical (unpaired) electrons. The van der Waals surface area contributed by atoms with Gasteiger partial charge in [0.1, 0.15) is 0 Å². The van der Waals surface area contributed by atoms with Gasteiger partial charge in [-0.1, -0.05) is 31.2 Å². The average Bonchev–Trinajstić information content (AvgIpc) is 2.88. The van der Waals surface area contributed by atoms with Gasteiger partial charge in [-0.05, 0) is 37.9 Å². The van der Waals surface area contributed by atoms with Gasteiger partial charge in [-0.2, -0.15) is 0 Å². The largest absolute Gasteiger partial charge is 0.311 e. The molecular weight excluding hydrogens is 220 g/mol. The molecule has 3 rings (SSSR count). The summed E-state index contributed by atoms with van der Waals surface area (Å²) in [6.07, 6.45) is 4.80. The molecule has 1 unspecified atom stereocenters. The quantitative estimate of drug-likeness (QED) is 0.890. The third kappa shape index (κ3) is 2.13. The molecule has 1 saturated heterocycles. The smallest absolute Gasteiger partial charge is 0.0705 e. The fraction of sp³-hybridized carbons (Fsp3) is 0.438. The van der Waals surface area contributed by atoms with Crippen molar-refractivity contribution in [1.29, 1.82) is 0 Å². The maximum atomic E-state index is 4.79. The fourth-order valence-electron chi connectivity index (χ4n) is 3.00. The van der Waals surface area contributed by atoms with E-state index in [4.69, 9.17) is 4.98 Å². The summed E-state index contributed by atoms with van der Waals surface area (Å²) >= 11 is 0. The number of nitrogens with zero attached hydrogens (tertiary/aromatic N) is 1. The van der Waals surface area contributed by atoms with Crippen molar-refractivity contribution >= 4 is 10.9 Å². The molecule has 0 saturated carbocycles. The second-order valence-corrected chi connectivity index (χ2v) is 5.34. The van der Waals surface area contributed by atoms with Crippen LogP contribution in [0.2, 0.25) is 0 Å². The molecule has 0 aliphatic carbocycles. The first-order chi connectivity index (χ1) is 8.81. The summed E-state index contributed by atoms with van der Waals surface area (Å²) in [7, 11) is 0. The van der Waals surface area contributed by atoms with Gasteiger partial charge in [0.2, 0.25) is 0 Å². The van der Waals surface area contributed by atoms with E-state index in [-0.39, 0.29) is 5.54 Å². The number of hydrogen-bond donors (Lipinski definition) is 1. The van der Waals surface area contributed by atoms with Gasteiger partial charge in [0, 0.05) is 23.0 Å². The molecule has 2 heterocycles. The number of pyridine rings is 1. The number of benzene rings is 1. The van der Waals surface area contributed by atoms with Crippen molar-refractivity contribution in [3.63, 3.8) is 0 Å². The Bertz CT molecular complexity index is 542. The Labute approximate surface area is 108 Å². The SMILES string of the molecule is CCC1(Cc2ccc3ccccc3n2)CCCN1. The molecule has 0 bridgehead atoms. The lowest BCUT2D eigenvalue weighted by Crippen LogP contribution is -2.41. The third-order valence-corrected chi connectivity index (χ3v) is 4.18. The predicted octanol–water partition coefficient (Wildman–Crippen LogP) is 3.31. The van der Waals surface area contributed by atoms with Gasteiger partial charge < -0.3 is 5.32 Å². The maximum Gasteiger partial charge on any atom is 0.0705 e.